The Morgan fingerprint density at radius 3 is 2.67 bits per heavy atom. The molecule has 0 atom stereocenters. The molecule has 90 valence electrons. The fraction of sp³-hybridized carbons (Fsp3) is 0.133. The first-order valence-corrected chi connectivity index (χ1v) is 6.26. The van der Waals surface area contributed by atoms with Crippen molar-refractivity contribution in [3.63, 3.8) is 0 Å². The van der Waals surface area contributed by atoms with Gasteiger partial charge in [0.15, 0.2) is 0 Å². The van der Waals surface area contributed by atoms with Crippen LogP contribution in [0.5, 0.6) is 0 Å². The van der Waals surface area contributed by atoms with Gasteiger partial charge in [-0.15, -0.1) is 0 Å². The molecule has 3 heteroatoms. The lowest BCUT2D eigenvalue weighted by molar-refractivity contribution is 0.824. The summed E-state index contributed by atoms with van der Waals surface area (Å²) in [5.74, 6) is 0. The number of aryl methyl sites for hydroxylation is 1. The quantitative estimate of drug-likeness (QED) is 0.676. The van der Waals surface area contributed by atoms with Crippen molar-refractivity contribution in [3.8, 4) is 0 Å². The molecule has 0 unspecified atom stereocenters. The molecule has 0 aliphatic carbocycles. The van der Waals surface area contributed by atoms with E-state index < -0.39 is 0 Å². The zero-order valence-electron chi connectivity index (χ0n) is 10.1. The van der Waals surface area contributed by atoms with Crippen molar-refractivity contribution in [1.29, 1.82) is 0 Å². The third-order valence-corrected chi connectivity index (χ3v) is 3.29. The number of benzene rings is 2. The molecule has 0 saturated carbocycles. The second-order valence-electron chi connectivity index (χ2n) is 4.49. The number of imidazole rings is 1. The molecule has 0 radical (unpaired) electrons. The molecule has 3 aromatic rings. The topological polar surface area (TPSA) is 17.8 Å². The van der Waals surface area contributed by atoms with Gasteiger partial charge in [-0.05, 0) is 42.3 Å². The summed E-state index contributed by atoms with van der Waals surface area (Å²) >= 11 is 5.89. The molecular formula is C15H13ClN2. The van der Waals surface area contributed by atoms with Crippen LogP contribution in [-0.4, -0.2) is 9.55 Å². The predicted octanol–water partition coefficient (Wildman–Crippen LogP) is 4.05. The maximum atomic E-state index is 5.89. The molecule has 0 amide bonds. The minimum Gasteiger partial charge on any atom is -0.326 e. The van der Waals surface area contributed by atoms with Gasteiger partial charge in [0, 0.05) is 11.6 Å². The molecule has 0 bridgehead atoms. The Morgan fingerprint density at radius 1 is 1.11 bits per heavy atom. The van der Waals surface area contributed by atoms with E-state index in [-0.39, 0.29) is 0 Å². The molecule has 0 saturated heterocycles. The van der Waals surface area contributed by atoms with Gasteiger partial charge in [-0.25, -0.2) is 4.98 Å². The Labute approximate surface area is 111 Å². The zero-order valence-corrected chi connectivity index (χ0v) is 10.9. The Balaban J connectivity index is 1.97. The third-order valence-electron chi connectivity index (χ3n) is 3.04. The lowest BCUT2D eigenvalue weighted by Gasteiger charge is -2.05. The first kappa shape index (κ1) is 11.3. The molecular weight excluding hydrogens is 244 g/mol. The molecule has 0 fully saturated rings. The molecule has 0 aliphatic rings. The monoisotopic (exact) mass is 256 g/mol. The van der Waals surface area contributed by atoms with Crippen LogP contribution < -0.4 is 0 Å². The molecule has 18 heavy (non-hydrogen) atoms. The lowest BCUT2D eigenvalue weighted by atomic mass is 10.2. The van der Waals surface area contributed by atoms with Gasteiger partial charge >= 0.3 is 0 Å². The standard InChI is InChI=1S/C15H13ClN2/c1-11-2-7-15-14(8-11)17-10-18(15)9-12-3-5-13(16)6-4-12/h2-8,10H,9H2,1H3. The summed E-state index contributed by atoms with van der Waals surface area (Å²) in [6.45, 7) is 2.90. The van der Waals surface area contributed by atoms with Gasteiger partial charge < -0.3 is 4.57 Å². The fourth-order valence-corrected chi connectivity index (χ4v) is 2.21. The highest BCUT2D eigenvalue weighted by Crippen LogP contribution is 2.17. The Kier molecular flexibility index (Phi) is 2.80. The molecule has 2 aromatic carbocycles. The molecule has 1 heterocycles. The second kappa shape index (κ2) is 4.46. The minimum atomic E-state index is 0.768. The number of rotatable bonds is 2. The fourth-order valence-electron chi connectivity index (χ4n) is 2.09. The summed E-state index contributed by atoms with van der Waals surface area (Å²) in [4.78, 5) is 4.43. The maximum absolute atomic E-state index is 5.89. The largest absolute Gasteiger partial charge is 0.326 e. The zero-order chi connectivity index (χ0) is 12.5. The lowest BCUT2D eigenvalue weighted by Crippen LogP contribution is -1.97. The first-order chi connectivity index (χ1) is 8.72. The molecule has 0 N–H and O–H groups in total. The predicted molar refractivity (Wildman–Crippen MR) is 75.0 cm³/mol. The van der Waals surface area contributed by atoms with E-state index in [1.54, 1.807) is 0 Å². The summed E-state index contributed by atoms with van der Waals surface area (Å²) in [7, 11) is 0. The van der Waals surface area contributed by atoms with Crippen LogP contribution in [0.1, 0.15) is 11.1 Å². The van der Waals surface area contributed by atoms with Gasteiger partial charge in [-0.1, -0.05) is 29.8 Å². The van der Waals surface area contributed by atoms with Gasteiger partial charge in [-0.2, -0.15) is 0 Å². The molecule has 0 aliphatic heterocycles. The molecule has 0 spiro atoms. The van der Waals surface area contributed by atoms with Crippen LogP contribution in [0, 0.1) is 6.92 Å². The van der Waals surface area contributed by atoms with Crippen LogP contribution in [0.4, 0.5) is 0 Å². The normalized spacial score (nSPS) is 11.0. The summed E-state index contributed by atoms with van der Waals surface area (Å²) < 4.78 is 2.15. The Bertz CT molecular complexity index is 683. The van der Waals surface area contributed by atoms with Crippen LogP contribution in [-0.2, 0) is 6.54 Å². The van der Waals surface area contributed by atoms with E-state index in [9.17, 15) is 0 Å². The highest BCUT2D eigenvalue weighted by Gasteiger charge is 2.03. The van der Waals surface area contributed by atoms with Crippen LogP contribution >= 0.6 is 11.6 Å². The number of halogens is 1. The van der Waals surface area contributed by atoms with E-state index in [0.717, 1.165) is 22.6 Å². The third kappa shape index (κ3) is 2.12. The molecule has 3 rings (SSSR count). The molecule has 1 aromatic heterocycles. The summed E-state index contributed by atoms with van der Waals surface area (Å²) in [5.41, 5.74) is 4.66. The minimum absolute atomic E-state index is 0.768. The second-order valence-corrected chi connectivity index (χ2v) is 4.93. The van der Waals surface area contributed by atoms with Crippen molar-refractivity contribution in [2.45, 2.75) is 13.5 Å². The average molecular weight is 257 g/mol. The maximum Gasteiger partial charge on any atom is 0.0961 e. The van der Waals surface area contributed by atoms with Crippen molar-refractivity contribution in [3.05, 3.63) is 64.9 Å². The van der Waals surface area contributed by atoms with Crippen molar-refractivity contribution in [1.82, 2.24) is 9.55 Å². The van der Waals surface area contributed by atoms with Crippen LogP contribution in [0.15, 0.2) is 48.8 Å². The number of aromatic nitrogens is 2. The first-order valence-electron chi connectivity index (χ1n) is 5.88. The van der Waals surface area contributed by atoms with E-state index in [2.05, 4.69) is 34.7 Å². The Morgan fingerprint density at radius 2 is 1.89 bits per heavy atom. The van der Waals surface area contributed by atoms with Crippen molar-refractivity contribution in [2.75, 3.05) is 0 Å². The number of hydrogen-bond acceptors (Lipinski definition) is 1. The van der Waals surface area contributed by atoms with E-state index in [0.29, 0.717) is 0 Å². The van der Waals surface area contributed by atoms with Crippen molar-refractivity contribution in [2.24, 2.45) is 0 Å². The van der Waals surface area contributed by atoms with Gasteiger partial charge in [0.05, 0.1) is 17.4 Å². The Hall–Kier alpha value is -1.80. The summed E-state index contributed by atoms with van der Waals surface area (Å²) in [6.07, 6.45) is 1.89. The van der Waals surface area contributed by atoms with E-state index >= 15 is 0 Å². The van der Waals surface area contributed by atoms with Gasteiger partial charge in [-0.3, -0.25) is 0 Å². The number of hydrogen-bond donors (Lipinski definition) is 0. The van der Waals surface area contributed by atoms with Gasteiger partial charge in [0.2, 0.25) is 0 Å². The molecule has 2 nitrogen and oxygen atoms in total. The highest BCUT2D eigenvalue weighted by atomic mass is 35.5. The van der Waals surface area contributed by atoms with Crippen LogP contribution in [0.25, 0.3) is 11.0 Å². The SMILES string of the molecule is Cc1ccc2c(c1)ncn2Cc1ccc(Cl)cc1. The average Bonchev–Trinajstić information content (AvgIpc) is 2.74. The number of nitrogens with zero attached hydrogens (tertiary/aromatic N) is 2. The van der Waals surface area contributed by atoms with E-state index in [1.807, 2.05) is 30.6 Å². The van der Waals surface area contributed by atoms with Gasteiger partial charge in [0.1, 0.15) is 0 Å². The highest BCUT2D eigenvalue weighted by molar-refractivity contribution is 6.30. The number of fused-ring (bicyclic) bond motifs is 1. The van der Waals surface area contributed by atoms with E-state index in [1.165, 1.54) is 11.1 Å². The van der Waals surface area contributed by atoms with Crippen molar-refractivity contribution >= 4 is 22.6 Å². The summed E-state index contributed by atoms with van der Waals surface area (Å²) in [6, 6.07) is 14.3. The van der Waals surface area contributed by atoms with Gasteiger partial charge in [0.25, 0.3) is 0 Å². The summed E-state index contributed by atoms with van der Waals surface area (Å²) in [5, 5.41) is 0.768. The van der Waals surface area contributed by atoms with E-state index in [4.69, 9.17) is 11.6 Å². The van der Waals surface area contributed by atoms with Crippen LogP contribution in [0.3, 0.4) is 0 Å². The smallest absolute Gasteiger partial charge is 0.0961 e. The van der Waals surface area contributed by atoms with Crippen molar-refractivity contribution < 1.29 is 0 Å². The van der Waals surface area contributed by atoms with Crippen LogP contribution in [0.2, 0.25) is 5.02 Å².